The smallest absolute Gasteiger partial charge is 0.255 e. The third-order valence-electron chi connectivity index (χ3n) is 5.84. The van der Waals surface area contributed by atoms with Crippen molar-refractivity contribution in [1.82, 2.24) is 9.80 Å². The zero-order valence-corrected chi connectivity index (χ0v) is 12.7. The molecule has 3 nitrogen and oxygen atoms in total. The Hall–Kier alpha value is -1.87. The first kappa shape index (κ1) is 12.7. The fraction of sp³-hybridized carbons (Fsp3) is 0.421. The molecule has 1 unspecified atom stereocenters. The summed E-state index contributed by atoms with van der Waals surface area (Å²) in [5.41, 5.74) is 2.21. The van der Waals surface area contributed by atoms with Gasteiger partial charge in [-0.25, -0.2) is 0 Å². The minimum atomic E-state index is 0.239. The van der Waals surface area contributed by atoms with Crippen molar-refractivity contribution in [1.29, 1.82) is 0 Å². The molecule has 22 heavy (non-hydrogen) atoms. The topological polar surface area (TPSA) is 23.6 Å². The molecule has 1 amide bonds. The second kappa shape index (κ2) is 4.56. The first-order valence-electron chi connectivity index (χ1n) is 8.35. The van der Waals surface area contributed by atoms with Crippen LogP contribution in [-0.4, -0.2) is 41.4 Å². The van der Waals surface area contributed by atoms with E-state index in [1.807, 2.05) is 12.1 Å². The lowest BCUT2D eigenvalue weighted by Crippen LogP contribution is -2.58. The van der Waals surface area contributed by atoms with Gasteiger partial charge in [0.05, 0.1) is 0 Å². The summed E-state index contributed by atoms with van der Waals surface area (Å²) in [6.45, 7) is 4.28. The third-order valence-corrected chi connectivity index (χ3v) is 5.84. The van der Waals surface area contributed by atoms with Gasteiger partial charge in [0.2, 0.25) is 0 Å². The summed E-state index contributed by atoms with van der Waals surface area (Å²) >= 11 is 0. The van der Waals surface area contributed by atoms with Gasteiger partial charge in [0.15, 0.2) is 0 Å². The maximum Gasteiger partial charge on any atom is 0.255 e. The molecule has 0 saturated carbocycles. The molecule has 0 radical (unpaired) electrons. The number of benzene rings is 2. The summed E-state index contributed by atoms with van der Waals surface area (Å²) in [5, 5.41) is 2.37. The van der Waals surface area contributed by atoms with E-state index >= 15 is 0 Å². The number of hydrogen-bond donors (Lipinski definition) is 0. The molecule has 0 N–H and O–H groups in total. The Morgan fingerprint density at radius 3 is 2.50 bits per heavy atom. The number of nitrogens with zero attached hydrogens (tertiary/aromatic N) is 2. The molecule has 6 rings (SSSR count). The minimum Gasteiger partial charge on any atom is -0.330 e. The number of hydrogen-bond acceptors (Lipinski definition) is 2. The van der Waals surface area contributed by atoms with Crippen molar-refractivity contribution < 1.29 is 4.79 Å². The number of amides is 1. The number of fused-ring (bicyclic) bond motifs is 3. The van der Waals surface area contributed by atoms with Crippen molar-refractivity contribution in [2.45, 2.75) is 25.4 Å². The zero-order chi connectivity index (χ0) is 14.7. The van der Waals surface area contributed by atoms with E-state index in [-0.39, 0.29) is 5.91 Å². The van der Waals surface area contributed by atoms with E-state index in [0.717, 1.165) is 18.7 Å². The van der Waals surface area contributed by atoms with Gasteiger partial charge >= 0.3 is 0 Å². The molecule has 0 aliphatic carbocycles. The predicted molar refractivity (Wildman–Crippen MR) is 86.8 cm³/mol. The molecule has 4 aliphatic heterocycles. The Morgan fingerprint density at radius 1 is 1.00 bits per heavy atom. The van der Waals surface area contributed by atoms with Crippen LogP contribution in [0.5, 0.6) is 0 Å². The molecule has 3 fully saturated rings. The maximum atomic E-state index is 13.1. The van der Waals surface area contributed by atoms with Crippen molar-refractivity contribution in [2.75, 3.05) is 19.6 Å². The maximum absolute atomic E-state index is 13.1. The molecular weight excluding hydrogens is 272 g/mol. The Balaban J connectivity index is 1.59. The Bertz CT molecular complexity index is 756. The van der Waals surface area contributed by atoms with E-state index in [9.17, 15) is 4.79 Å². The first-order chi connectivity index (χ1) is 10.8. The first-order valence-corrected chi connectivity index (χ1v) is 8.35. The summed E-state index contributed by atoms with van der Waals surface area (Å²) in [6.07, 6.45) is 2.50. The number of carbonyl (C=O) groups excluding carboxylic acids is 1. The van der Waals surface area contributed by atoms with E-state index in [0.29, 0.717) is 12.0 Å². The van der Waals surface area contributed by atoms with Gasteiger partial charge in [0, 0.05) is 24.7 Å². The molecule has 2 bridgehead atoms. The lowest BCUT2D eigenvalue weighted by atomic mass is 9.81. The standard InChI is InChI=1S/C19H20N2O/c22-19-16-6-2-4-14-3-1-5-15(18(14)16)11-21(19)17-12-20-9-7-13(17)8-10-20/h1-6,13,17H,7-12H2. The molecular formula is C19H20N2O. The number of rotatable bonds is 1. The average Bonchev–Trinajstić information content (AvgIpc) is 2.59. The van der Waals surface area contributed by atoms with Gasteiger partial charge in [-0.2, -0.15) is 0 Å². The summed E-state index contributed by atoms with van der Waals surface area (Å²) < 4.78 is 0. The fourth-order valence-corrected chi connectivity index (χ4v) is 4.69. The van der Waals surface area contributed by atoms with Crippen LogP contribution in [0.4, 0.5) is 0 Å². The minimum absolute atomic E-state index is 0.239. The van der Waals surface area contributed by atoms with E-state index in [2.05, 4.69) is 34.1 Å². The van der Waals surface area contributed by atoms with Gasteiger partial charge in [0.1, 0.15) is 0 Å². The monoisotopic (exact) mass is 292 g/mol. The second-order valence-electron chi connectivity index (χ2n) is 6.96. The largest absolute Gasteiger partial charge is 0.330 e. The Morgan fingerprint density at radius 2 is 1.77 bits per heavy atom. The van der Waals surface area contributed by atoms with E-state index in [1.165, 1.54) is 42.3 Å². The summed E-state index contributed by atoms with van der Waals surface area (Å²) in [4.78, 5) is 17.8. The van der Waals surface area contributed by atoms with Crippen LogP contribution >= 0.6 is 0 Å². The lowest BCUT2D eigenvalue weighted by Gasteiger charge is -2.49. The molecule has 3 saturated heterocycles. The summed E-state index contributed by atoms with van der Waals surface area (Å²) in [5.74, 6) is 0.932. The van der Waals surface area contributed by atoms with Crippen molar-refractivity contribution in [3.8, 4) is 0 Å². The second-order valence-corrected chi connectivity index (χ2v) is 6.96. The van der Waals surface area contributed by atoms with E-state index < -0.39 is 0 Å². The zero-order valence-electron chi connectivity index (χ0n) is 12.7. The highest BCUT2D eigenvalue weighted by Gasteiger charge is 2.41. The van der Waals surface area contributed by atoms with Gasteiger partial charge < -0.3 is 9.80 Å². The molecule has 1 atom stereocenters. The number of carbonyl (C=O) groups is 1. The van der Waals surface area contributed by atoms with Crippen LogP contribution in [0.25, 0.3) is 10.8 Å². The van der Waals surface area contributed by atoms with Crippen LogP contribution in [0.2, 0.25) is 0 Å². The normalized spacial score (nSPS) is 30.1. The third kappa shape index (κ3) is 1.69. The quantitative estimate of drug-likeness (QED) is 0.807. The fourth-order valence-electron chi connectivity index (χ4n) is 4.69. The van der Waals surface area contributed by atoms with Crippen LogP contribution in [0.3, 0.4) is 0 Å². The summed E-state index contributed by atoms with van der Waals surface area (Å²) in [6, 6.07) is 12.9. The van der Waals surface area contributed by atoms with Crippen LogP contribution in [-0.2, 0) is 6.54 Å². The van der Waals surface area contributed by atoms with Crippen molar-refractivity contribution in [3.63, 3.8) is 0 Å². The van der Waals surface area contributed by atoms with Gasteiger partial charge in [-0.3, -0.25) is 4.79 Å². The molecule has 3 heteroatoms. The molecule has 4 heterocycles. The van der Waals surface area contributed by atoms with Crippen LogP contribution < -0.4 is 0 Å². The Labute approximate surface area is 130 Å². The highest BCUT2D eigenvalue weighted by atomic mass is 16.2. The molecule has 4 aliphatic rings. The van der Waals surface area contributed by atoms with Crippen LogP contribution in [0, 0.1) is 5.92 Å². The molecule has 0 spiro atoms. The number of piperidine rings is 3. The van der Waals surface area contributed by atoms with Crippen molar-refractivity contribution in [2.24, 2.45) is 5.92 Å². The van der Waals surface area contributed by atoms with E-state index in [1.54, 1.807) is 0 Å². The predicted octanol–water partition coefficient (Wildman–Crippen LogP) is 2.89. The van der Waals surface area contributed by atoms with Gasteiger partial charge in [-0.05, 0) is 54.3 Å². The molecule has 112 valence electrons. The van der Waals surface area contributed by atoms with E-state index in [4.69, 9.17) is 0 Å². The van der Waals surface area contributed by atoms with Crippen molar-refractivity contribution in [3.05, 3.63) is 47.5 Å². The molecule has 2 aromatic rings. The van der Waals surface area contributed by atoms with Gasteiger partial charge in [-0.1, -0.05) is 30.3 Å². The SMILES string of the molecule is O=C1c2cccc3cccc(c23)CN1C1CN2CCC1CC2. The van der Waals surface area contributed by atoms with Crippen LogP contribution in [0.1, 0.15) is 28.8 Å². The highest BCUT2D eigenvalue weighted by Crippen LogP contribution is 2.36. The lowest BCUT2D eigenvalue weighted by molar-refractivity contribution is 0.00406. The summed E-state index contributed by atoms with van der Waals surface area (Å²) in [7, 11) is 0. The highest BCUT2D eigenvalue weighted by molar-refractivity contribution is 6.10. The molecule has 0 aromatic heterocycles. The van der Waals surface area contributed by atoms with Crippen LogP contribution in [0.15, 0.2) is 36.4 Å². The molecule has 2 aromatic carbocycles. The van der Waals surface area contributed by atoms with Gasteiger partial charge in [0.25, 0.3) is 5.91 Å². The Kier molecular flexibility index (Phi) is 2.62. The van der Waals surface area contributed by atoms with Gasteiger partial charge in [-0.15, -0.1) is 0 Å². The van der Waals surface area contributed by atoms with Crippen molar-refractivity contribution >= 4 is 16.7 Å². The average molecular weight is 292 g/mol.